The van der Waals surface area contributed by atoms with Crippen molar-refractivity contribution in [2.24, 2.45) is 0 Å². The Bertz CT molecular complexity index is 97.0. The van der Waals surface area contributed by atoms with Crippen LogP contribution in [0.2, 0.25) is 0 Å². The third-order valence-electron chi connectivity index (χ3n) is 0. The van der Waals surface area contributed by atoms with E-state index in [0.717, 1.165) is 0 Å². The van der Waals surface area contributed by atoms with Gasteiger partial charge in [0.15, 0.2) is 0 Å². The first-order valence-electron chi connectivity index (χ1n) is 1.43. The molecule has 10 nitrogen and oxygen atoms in total. The van der Waals surface area contributed by atoms with E-state index in [2.05, 4.69) is 0 Å². The predicted molar refractivity (Wildman–Crippen MR) is 20.3 cm³/mol. The van der Waals surface area contributed by atoms with E-state index in [-0.39, 0.29) is 85.9 Å². The van der Waals surface area contributed by atoms with Crippen LogP contribution < -0.4 is 0 Å². The number of hydrogen-bond acceptors (Lipinski definition) is 5. The van der Waals surface area contributed by atoms with Crippen molar-refractivity contribution in [2.45, 2.75) is 0 Å². The SMILES string of the molecule is [O]=[Co-][OH].[O]=[Co-][OH].[O]=[Co-][OH].[O]=[Co-][OH].[O]=[Co-][OH].[Sm+3].[Sr+2]. The van der Waals surface area contributed by atoms with Crippen molar-refractivity contribution in [3.63, 3.8) is 0 Å². The van der Waals surface area contributed by atoms with Crippen molar-refractivity contribution in [3.05, 3.63) is 0 Å². The fourth-order valence-electron chi connectivity index (χ4n) is 0. The molecule has 0 unspecified atom stereocenters. The third kappa shape index (κ3) is 385. The molecule has 0 heterocycles. The number of hydrogen-bond donors (Lipinski definition) is 5. The van der Waals surface area contributed by atoms with Gasteiger partial charge in [-0.1, -0.05) is 0 Å². The minimum absolute atomic E-state index is 0. The summed E-state index contributed by atoms with van der Waals surface area (Å²) in [5.41, 5.74) is 0. The summed E-state index contributed by atoms with van der Waals surface area (Å²) in [6.07, 6.45) is 0. The van der Waals surface area contributed by atoms with Gasteiger partial charge < -0.3 is 0 Å². The molecule has 0 spiro atoms. The molecule has 5 N–H and O–H groups in total. The second-order valence-corrected chi connectivity index (χ2v) is 1.25. The van der Waals surface area contributed by atoms with Crippen LogP contribution in [0, 0.1) is 40.4 Å². The molecular weight excluding hydrogens is 693 g/mol. The van der Waals surface area contributed by atoms with E-state index in [1.807, 2.05) is 0 Å². The summed E-state index contributed by atoms with van der Waals surface area (Å²) in [6.45, 7) is 0. The summed E-state index contributed by atoms with van der Waals surface area (Å²) in [6, 6.07) is 0. The summed E-state index contributed by atoms with van der Waals surface area (Å²) >= 11 is -4.06. The van der Waals surface area contributed by atoms with Crippen LogP contribution >= 0.6 is 0 Å². The molecule has 0 aromatic rings. The Hall–Kier alpha value is 4.15. The van der Waals surface area contributed by atoms with Crippen molar-refractivity contribution in [3.8, 4) is 0 Å². The first kappa shape index (κ1) is 42.9. The maximum atomic E-state index is 8.45. The van der Waals surface area contributed by atoms with Crippen molar-refractivity contribution < 1.29 is 156 Å². The van der Waals surface area contributed by atoms with Gasteiger partial charge in [0.05, 0.1) is 0 Å². The van der Waals surface area contributed by atoms with Gasteiger partial charge in [-0.2, -0.15) is 0 Å². The van der Waals surface area contributed by atoms with Crippen LogP contribution in [-0.4, -0.2) is 66.6 Å². The first-order valence-corrected chi connectivity index (χ1v) is 5.88. The molecule has 0 aromatic heterocycles. The molecule has 0 saturated carbocycles. The Morgan fingerprint density at radius 2 is 0.471 bits per heavy atom. The van der Waals surface area contributed by atoms with Crippen molar-refractivity contribution in [1.29, 1.82) is 0 Å². The molecule has 118 valence electrons. The van der Waals surface area contributed by atoms with Crippen LogP contribution in [0.5, 0.6) is 0 Å². The topological polar surface area (TPSA) is 186 Å². The van der Waals surface area contributed by atoms with Gasteiger partial charge in [-0.25, -0.2) is 0 Å². The molecule has 0 amide bonds. The maximum Gasteiger partial charge on any atom is 3.00 e. The molecule has 17 heavy (non-hydrogen) atoms. The monoisotopic (exact) mass is 699 g/mol. The molecular formula is H5Co5O10SmSr. The fourth-order valence-corrected chi connectivity index (χ4v) is 0. The third-order valence-corrected chi connectivity index (χ3v) is 0. The summed E-state index contributed by atoms with van der Waals surface area (Å²) in [5.74, 6) is 0. The smallest absolute Gasteiger partial charge is 2.00 e. The molecule has 0 saturated heterocycles. The van der Waals surface area contributed by atoms with Crippen molar-refractivity contribution in [1.82, 2.24) is 0 Å². The van der Waals surface area contributed by atoms with Gasteiger partial charge in [0, 0.05) is 0 Å². The van der Waals surface area contributed by atoms with E-state index >= 15 is 0 Å². The van der Waals surface area contributed by atoms with Crippen LogP contribution in [-0.2, 0) is 94.1 Å². The summed E-state index contributed by atoms with van der Waals surface area (Å²) in [7, 11) is 0. The quantitative estimate of drug-likeness (QED) is 0.158. The molecule has 17 heteroatoms. The molecule has 0 fully saturated rings. The molecule has 0 aliphatic heterocycles. The van der Waals surface area contributed by atoms with Gasteiger partial charge in [0.2, 0.25) is 0 Å². The average molecular weight is 698 g/mol. The van der Waals surface area contributed by atoms with Gasteiger partial charge in [-0.15, -0.1) is 0 Å². The van der Waals surface area contributed by atoms with Gasteiger partial charge >= 0.3 is 201 Å². The molecule has 0 atom stereocenters. The Kier molecular flexibility index (Phi) is 223. The molecule has 0 aliphatic rings. The standard InChI is InChI=1S/5Co.5H2O.5O.Sm.Sr/h;;;;;5*1H2;;;;;;;/q;;;;;;;;;;;;;;;+3;+2/p-5. The van der Waals surface area contributed by atoms with E-state index in [4.69, 9.17) is 40.4 Å². The zero-order chi connectivity index (χ0) is 13.5. The predicted octanol–water partition coefficient (Wildman–Crippen LogP) is -3.77. The van der Waals surface area contributed by atoms with E-state index in [1.165, 1.54) is 0 Å². The fraction of sp³-hybridized carbons (Fsp3) is 0. The molecule has 0 bridgehead atoms. The van der Waals surface area contributed by atoms with Crippen LogP contribution in [0.1, 0.15) is 0 Å². The van der Waals surface area contributed by atoms with Crippen LogP contribution in [0.25, 0.3) is 0 Å². The van der Waals surface area contributed by atoms with Gasteiger partial charge in [-0.3, -0.25) is 0 Å². The van der Waals surface area contributed by atoms with Gasteiger partial charge in [0.25, 0.3) is 0 Å². The Labute approximate surface area is 196 Å². The van der Waals surface area contributed by atoms with Gasteiger partial charge in [-0.05, 0) is 0 Å². The minimum atomic E-state index is -0.812. The Morgan fingerprint density at radius 3 is 0.471 bits per heavy atom. The molecule has 0 aromatic carbocycles. The number of rotatable bonds is 0. The van der Waals surface area contributed by atoms with E-state index in [1.54, 1.807) is 0 Å². The summed E-state index contributed by atoms with van der Waals surface area (Å²) < 4.78 is 77.2. The second-order valence-electron chi connectivity index (χ2n) is 0.304. The van der Waals surface area contributed by atoms with E-state index in [9.17, 15) is 0 Å². The first-order chi connectivity index (χ1) is 7.07. The van der Waals surface area contributed by atoms with E-state index in [0.29, 0.717) is 0 Å². The van der Waals surface area contributed by atoms with E-state index < -0.39 is 74.8 Å². The normalized spacial score (nSPS) is 6.18. The zero-order valence-corrected chi connectivity index (χ0v) is 18.4. The summed E-state index contributed by atoms with van der Waals surface area (Å²) in [4.78, 5) is 0. The minimum Gasteiger partial charge on any atom is 2.00 e. The zero-order valence-electron chi connectivity index (χ0n) is 7.06. The molecule has 1 radical (unpaired) electrons. The summed E-state index contributed by atoms with van der Waals surface area (Å²) in [5, 5.41) is 0. The second kappa shape index (κ2) is 88.3. The van der Waals surface area contributed by atoms with Crippen LogP contribution in [0.15, 0.2) is 0 Å². The molecule has 0 aliphatic carbocycles. The van der Waals surface area contributed by atoms with Gasteiger partial charge in [0.1, 0.15) is 0 Å². The van der Waals surface area contributed by atoms with Crippen molar-refractivity contribution in [2.75, 3.05) is 0 Å². The largest absolute Gasteiger partial charge is 3.00 e. The van der Waals surface area contributed by atoms with Crippen LogP contribution in [0.4, 0.5) is 0 Å². The van der Waals surface area contributed by atoms with Crippen LogP contribution in [0.3, 0.4) is 0 Å². The Balaban J connectivity index is -0.0000000143. The van der Waals surface area contributed by atoms with Crippen molar-refractivity contribution >= 4 is 45.5 Å². The molecule has 0 rings (SSSR count). The average Bonchev–Trinajstić information content (AvgIpc) is 2.09. The Morgan fingerprint density at radius 1 is 0.471 bits per heavy atom. The maximum absolute atomic E-state index is 8.45.